The van der Waals surface area contributed by atoms with Crippen LogP contribution in [-0.2, 0) is 17.6 Å². The molecule has 0 N–H and O–H groups in total. The highest BCUT2D eigenvalue weighted by atomic mass is 19.4. The molecule has 1 heterocycles. The van der Waals surface area contributed by atoms with Gasteiger partial charge in [-0.3, -0.25) is 0 Å². The summed E-state index contributed by atoms with van der Waals surface area (Å²) in [5.74, 6) is -0.353. The van der Waals surface area contributed by atoms with Crippen LogP contribution in [-0.4, -0.2) is 18.9 Å². The van der Waals surface area contributed by atoms with Gasteiger partial charge >= 0.3 is 6.18 Å². The van der Waals surface area contributed by atoms with Gasteiger partial charge in [-0.15, -0.1) is 0 Å². The fraction of sp³-hybridized carbons (Fsp3) is 0.379. The highest BCUT2D eigenvalue weighted by Gasteiger charge is 2.30. The topological polar surface area (TPSA) is 9.23 Å². The molecular weight excluding hydrogens is 478 g/mol. The molecule has 1 nitrogen and oxygen atoms in total. The van der Waals surface area contributed by atoms with E-state index in [0.717, 1.165) is 55.9 Å². The van der Waals surface area contributed by atoms with Crippen molar-refractivity contribution in [3.8, 4) is 23.0 Å². The molecule has 3 unspecified atom stereocenters. The van der Waals surface area contributed by atoms with Gasteiger partial charge in [0.1, 0.15) is 11.6 Å². The Labute approximate surface area is 205 Å². The molecule has 0 spiro atoms. The van der Waals surface area contributed by atoms with E-state index in [9.17, 15) is 26.3 Å². The first-order chi connectivity index (χ1) is 17.1. The Morgan fingerprint density at radius 1 is 0.889 bits per heavy atom. The summed E-state index contributed by atoms with van der Waals surface area (Å²) in [4.78, 5) is 0. The van der Waals surface area contributed by atoms with Crippen LogP contribution in [0, 0.1) is 41.1 Å². The van der Waals surface area contributed by atoms with Crippen LogP contribution in [0.2, 0.25) is 0 Å². The van der Waals surface area contributed by atoms with Crippen molar-refractivity contribution in [3.05, 3.63) is 70.5 Å². The lowest BCUT2D eigenvalue weighted by atomic mass is 9.78. The minimum absolute atomic E-state index is 0.0842. The quantitative estimate of drug-likeness (QED) is 0.257. The first kappa shape index (κ1) is 24.7. The van der Waals surface area contributed by atoms with E-state index in [4.69, 9.17) is 4.74 Å². The van der Waals surface area contributed by atoms with Crippen molar-refractivity contribution in [1.29, 1.82) is 0 Å². The highest BCUT2D eigenvalue weighted by molar-refractivity contribution is 5.90. The van der Waals surface area contributed by atoms with Crippen LogP contribution in [0.25, 0.3) is 21.9 Å². The third-order valence-corrected chi connectivity index (χ3v) is 7.28. The molecule has 2 aliphatic rings. The molecule has 0 aromatic heterocycles. The van der Waals surface area contributed by atoms with Gasteiger partial charge in [0.25, 0.3) is 0 Å². The normalized spacial score (nSPS) is 22.1. The van der Waals surface area contributed by atoms with E-state index in [1.54, 1.807) is 0 Å². The Bertz CT molecular complexity index is 1370. The van der Waals surface area contributed by atoms with Gasteiger partial charge in [0.2, 0.25) is 0 Å². The molecule has 1 aliphatic carbocycles. The second-order valence-corrected chi connectivity index (χ2v) is 9.89. The third kappa shape index (κ3) is 4.97. The van der Waals surface area contributed by atoms with Crippen molar-refractivity contribution in [1.82, 2.24) is 0 Å². The summed E-state index contributed by atoms with van der Waals surface area (Å²) in [7, 11) is 0. The molecule has 0 radical (unpaired) electrons. The molecular formula is C29H24F6O. The Balaban J connectivity index is 1.44. The molecule has 188 valence electrons. The van der Waals surface area contributed by atoms with Crippen LogP contribution in [0.15, 0.2) is 36.4 Å². The number of rotatable bonds is 2. The molecule has 1 fully saturated rings. The summed E-state index contributed by atoms with van der Waals surface area (Å²) in [6.45, 7) is 3.01. The summed E-state index contributed by atoms with van der Waals surface area (Å²) in [6.07, 6.45) is 0.386. The molecule has 5 rings (SSSR count). The fourth-order valence-electron chi connectivity index (χ4n) is 5.38. The van der Waals surface area contributed by atoms with Crippen LogP contribution >= 0.6 is 0 Å². The van der Waals surface area contributed by atoms with Crippen molar-refractivity contribution < 1.29 is 31.1 Å². The minimum Gasteiger partial charge on any atom is -0.378 e. The van der Waals surface area contributed by atoms with Crippen LogP contribution in [0.3, 0.4) is 0 Å². The van der Waals surface area contributed by atoms with E-state index in [0.29, 0.717) is 23.0 Å². The van der Waals surface area contributed by atoms with Crippen molar-refractivity contribution in [2.24, 2.45) is 11.8 Å². The summed E-state index contributed by atoms with van der Waals surface area (Å²) < 4.78 is 87.4. The van der Waals surface area contributed by atoms with Crippen LogP contribution in [0.4, 0.5) is 26.3 Å². The third-order valence-electron chi connectivity index (χ3n) is 7.28. The number of ether oxygens (including phenoxy) is 1. The van der Waals surface area contributed by atoms with E-state index in [1.165, 1.54) is 24.0 Å². The zero-order valence-corrected chi connectivity index (χ0v) is 19.6. The lowest BCUT2D eigenvalue weighted by Gasteiger charge is -2.35. The maximum Gasteiger partial charge on any atom is 0.458 e. The lowest BCUT2D eigenvalue weighted by molar-refractivity contribution is -0.0696. The molecule has 0 saturated carbocycles. The molecule has 1 saturated heterocycles. The predicted octanol–water partition coefficient (Wildman–Crippen LogP) is 7.76. The van der Waals surface area contributed by atoms with E-state index in [-0.39, 0.29) is 11.5 Å². The minimum atomic E-state index is -4.93. The molecule has 0 amide bonds. The summed E-state index contributed by atoms with van der Waals surface area (Å²) >= 11 is 0. The molecule has 3 aromatic carbocycles. The number of fused-ring (bicyclic) bond motifs is 2. The van der Waals surface area contributed by atoms with Crippen molar-refractivity contribution in [2.45, 2.75) is 51.3 Å². The SMILES string of the molecule is CC1CCC(C2CCc3cc(-c4cc(F)c5c(F)c(C#CC(F)(F)F)c(F)cc5c4)ccc3C2)OC1. The Morgan fingerprint density at radius 2 is 1.69 bits per heavy atom. The number of hydrogen-bond acceptors (Lipinski definition) is 1. The van der Waals surface area contributed by atoms with Crippen LogP contribution in [0.1, 0.15) is 42.9 Å². The molecule has 3 atom stereocenters. The number of alkyl halides is 3. The Kier molecular flexibility index (Phi) is 6.50. The number of benzene rings is 3. The zero-order chi connectivity index (χ0) is 25.6. The maximum atomic E-state index is 15.0. The number of hydrogen-bond donors (Lipinski definition) is 0. The first-order valence-corrected chi connectivity index (χ1v) is 12.0. The second kappa shape index (κ2) is 9.48. The van der Waals surface area contributed by atoms with E-state index in [1.807, 2.05) is 18.2 Å². The van der Waals surface area contributed by atoms with Crippen molar-refractivity contribution in [3.63, 3.8) is 0 Å². The van der Waals surface area contributed by atoms with Crippen LogP contribution < -0.4 is 0 Å². The average Bonchev–Trinajstić information content (AvgIpc) is 2.82. The number of aryl methyl sites for hydroxylation is 1. The molecule has 3 aromatic rings. The summed E-state index contributed by atoms with van der Waals surface area (Å²) in [5, 5.41) is -0.673. The van der Waals surface area contributed by atoms with E-state index >= 15 is 0 Å². The first-order valence-electron chi connectivity index (χ1n) is 12.0. The van der Waals surface area contributed by atoms with Crippen LogP contribution in [0.5, 0.6) is 0 Å². The summed E-state index contributed by atoms with van der Waals surface area (Å²) in [5.41, 5.74) is 2.41. The highest BCUT2D eigenvalue weighted by Crippen LogP contribution is 2.37. The fourth-order valence-corrected chi connectivity index (χ4v) is 5.38. The zero-order valence-electron chi connectivity index (χ0n) is 19.6. The maximum absolute atomic E-state index is 15.0. The van der Waals surface area contributed by atoms with Crippen molar-refractivity contribution >= 4 is 10.8 Å². The Morgan fingerprint density at radius 3 is 2.42 bits per heavy atom. The Hall–Kier alpha value is -2.98. The number of halogens is 6. The van der Waals surface area contributed by atoms with Gasteiger partial charge in [0, 0.05) is 12.5 Å². The molecule has 7 heteroatoms. The molecule has 36 heavy (non-hydrogen) atoms. The average molecular weight is 502 g/mol. The van der Waals surface area contributed by atoms with Gasteiger partial charge in [-0.2, -0.15) is 13.2 Å². The van der Waals surface area contributed by atoms with Gasteiger partial charge in [0.05, 0.1) is 17.1 Å². The summed E-state index contributed by atoms with van der Waals surface area (Å²) in [6, 6.07) is 9.23. The van der Waals surface area contributed by atoms with Gasteiger partial charge in [0.15, 0.2) is 5.82 Å². The smallest absolute Gasteiger partial charge is 0.378 e. The van der Waals surface area contributed by atoms with Crippen molar-refractivity contribution in [2.75, 3.05) is 6.61 Å². The van der Waals surface area contributed by atoms with Gasteiger partial charge in [-0.05, 0) is 89.8 Å². The predicted molar refractivity (Wildman–Crippen MR) is 126 cm³/mol. The van der Waals surface area contributed by atoms with Gasteiger partial charge < -0.3 is 4.74 Å². The second-order valence-electron chi connectivity index (χ2n) is 9.89. The van der Waals surface area contributed by atoms with Gasteiger partial charge in [-0.1, -0.05) is 31.0 Å². The largest absolute Gasteiger partial charge is 0.458 e. The van der Waals surface area contributed by atoms with Gasteiger partial charge in [-0.25, -0.2) is 13.2 Å². The lowest BCUT2D eigenvalue weighted by Crippen LogP contribution is -2.34. The standard InChI is InChI=1S/C29H24F6O/c1-16-2-7-26(36-15-16)20-6-5-17-10-19(4-3-18(17)11-20)21-12-22-14-24(30)23(8-9-29(33,34)35)28(32)27(22)25(31)13-21/h3-4,10,12-14,16,20,26H,2,5-7,11,15H2,1H3. The molecule has 1 aliphatic heterocycles. The van der Waals surface area contributed by atoms with E-state index in [2.05, 4.69) is 6.92 Å². The van der Waals surface area contributed by atoms with E-state index < -0.39 is 34.6 Å². The molecule has 0 bridgehead atoms. The monoisotopic (exact) mass is 502 g/mol.